The second-order valence-electron chi connectivity index (χ2n) is 7.81. The molecule has 1 heterocycles. The zero-order valence-corrected chi connectivity index (χ0v) is 19.8. The zero-order valence-electron chi connectivity index (χ0n) is 19.0. The molecule has 0 bridgehead atoms. The van der Waals surface area contributed by atoms with Crippen LogP contribution in [0.3, 0.4) is 0 Å². The van der Waals surface area contributed by atoms with Crippen molar-refractivity contribution in [3.05, 3.63) is 121 Å². The van der Waals surface area contributed by atoms with Gasteiger partial charge >= 0.3 is 5.91 Å². The Morgan fingerprint density at radius 1 is 0.771 bits per heavy atom. The normalized spacial score (nSPS) is 14.2. The number of nitrogens with zero attached hydrogens (tertiary/aromatic N) is 2. The highest BCUT2D eigenvalue weighted by Crippen LogP contribution is 2.34. The molecule has 0 N–H and O–H groups in total. The summed E-state index contributed by atoms with van der Waals surface area (Å²) in [4.78, 5) is 16.6. The number of ether oxygens (including phenoxy) is 2. The predicted octanol–water partition coefficient (Wildman–Crippen LogP) is 6.85. The molecule has 6 heteroatoms. The van der Waals surface area contributed by atoms with Crippen LogP contribution in [0, 0.1) is 0 Å². The lowest BCUT2D eigenvalue weighted by molar-refractivity contribution is -0.114. The number of thiocarbonyl (C=S) groups is 1. The monoisotopic (exact) mass is 478 g/mol. The topological polar surface area (TPSA) is 42.0 Å². The zero-order chi connectivity index (χ0) is 24.2. The molecule has 0 aliphatic carbocycles. The molecular formula is C29H22N2O3S. The molecule has 0 radical (unpaired) electrons. The second kappa shape index (κ2) is 9.83. The minimum Gasteiger partial charge on any atom is -0.497 e. The molecule has 172 valence electrons. The van der Waals surface area contributed by atoms with Crippen molar-refractivity contribution in [2.24, 2.45) is 0 Å². The molecule has 1 saturated heterocycles. The van der Waals surface area contributed by atoms with E-state index in [0.717, 1.165) is 22.6 Å². The van der Waals surface area contributed by atoms with E-state index in [9.17, 15) is 4.79 Å². The molecule has 1 aliphatic rings. The Bertz CT molecular complexity index is 1330. The van der Waals surface area contributed by atoms with Gasteiger partial charge in [-0.05, 0) is 84.5 Å². The van der Waals surface area contributed by atoms with E-state index in [1.165, 1.54) is 4.90 Å². The first-order valence-corrected chi connectivity index (χ1v) is 11.5. The van der Waals surface area contributed by atoms with E-state index in [1.807, 2.05) is 60.7 Å². The first-order valence-electron chi connectivity index (χ1n) is 11.1. The Kier molecular flexibility index (Phi) is 6.28. The highest BCUT2D eigenvalue weighted by atomic mass is 32.1. The van der Waals surface area contributed by atoms with Crippen molar-refractivity contribution in [2.45, 2.75) is 0 Å². The Morgan fingerprint density at radius 3 is 1.86 bits per heavy atom. The van der Waals surface area contributed by atoms with Gasteiger partial charge in [-0.15, -0.1) is 0 Å². The molecule has 0 spiro atoms. The molecule has 4 aromatic rings. The Hall–Kier alpha value is -4.42. The first kappa shape index (κ1) is 22.4. The van der Waals surface area contributed by atoms with Crippen LogP contribution in [0.25, 0.3) is 6.08 Å². The molecule has 1 amide bonds. The molecular weight excluding hydrogens is 456 g/mol. The molecule has 1 aliphatic heterocycles. The summed E-state index contributed by atoms with van der Waals surface area (Å²) in [5, 5.41) is 0.0994. The number of benzene rings is 4. The van der Waals surface area contributed by atoms with Gasteiger partial charge in [-0.3, -0.25) is 4.79 Å². The molecule has 5 rings (SSSR count). The highest BCUT2D eigenvalue weighted by Gasteiger charge is 2.34. The number of amides is 1. The van der Waals surface area contributed by atoms with E-state index in [-0.39, 0.29) is 16.8 Å². The minimum atomic E-state index is -0.306. The maximum absolute atomic E-state index is 13.0. The highest BCUT2D eigenvalue weighted by molar-refractivity contribution is 7.80. The van der Waals surface area contributed by atoms with Crippen LogP contribution in [0.5, 0.6) is 5.75 Å². The lowest BCUT2D eigenvalue weighted by atomic mass is 10.1. The lowest BCUT2D eigenvalue weighted by Gasteiger charge is -2.25. The third-order valence-corrected chi connectivity index (χ3v) is 5.87. The minimum absolute atomic E-state index is 0.0994. The van der Waals surface area contributed by atoms with Gasteiger partial charge in [-0.1, -0.05) is 48.5 Å². The van der Waals surface area contributed by atoms with Crippen molar-refractivity contribution >= 4 is 52.1 Å². The molecule has 0 unspecified atom stereocenters. The van der Waals surface area contributed by atoms with Crippen molar-refractivity contribution < 1.29 is 14.3 Å². The van der Waals surface area contributed by atoms with Gasteiger partial charge in [0.05, 0.1) is 12.8 Å². The SMILES string of the molecule is COc1ccc(N2C(=O)C(=Cc3ccc(N(c4ccccc4)c4ccccc4)cc3)OC2=S)cc1. The van der Waals surface area contributed by atoms with Crippen molar-refractivity contribution in [3.63, 3.8) is 0 Å². The standard InChI is InChI=1S/C29H22N2O3S/c1-33-26-18-16-25(17-19-26)31-28(32)27(34-29(31)35)20-21-12-14-24(15-13-21)30(22-8-4-2-5-9-22)23-10-6-3-7-11-23/h2-20H,1H3. The van der Waals surface area contributed by atoms with Crippen LogP contribution in [-0.2, 0) is 9.53 Å². The Labute approximate surface area is 209 Å². The smallest absolute Gasteiger partial charge is 0.301 e. The fourth-order valence-corrected chi connectivity index (χ4v) is 4.17. The van der Waals surface area contributed by atoms with E-state index in [2.05, 4.69) is 29.2 Å². The van der Waals surface area contributed by atoms with Crippen LogP contribution >= 0.6 is 12.2 Å². The predicted molar refractivity (Wildman–Crippen MR) is 143 cm³/mol. The third-order valence-electron chi connectivity index (χ3n) is 5.60. The summed E-state index contributed by atoms with van der Waals surface area (Å²) in [5.74, 6) is 0.573. The number of anilines is 4. The molecule has 35 heavy (non-hydrogen) atoms. The van der Waals surface area contributed by atoms with Crippen LogP contribution in [0.2, 0.25) is 0 Å². The lowest BCUT2D eigenvalue weighted by Crippen LogP contribution is -2.27. The fraction of sp³-hybridized carbons (Fsp3) is 0.0345. The molecule has 0 saturated carbocycles. The van der Waals surface area contributed by atoms with Crippen molar-refractivity contribution in [1.82, 2.24) is 0 Å². The van der Waals surface area contributed by atoms with E-state index >= 15 is 0 Å². The largest absolute Gasteiger partial charge is 0.497 e. The number of rotatable bonds is 6. The number of methoxy groups -OCH3 is 1. The van der Waals surface area contributed by atoms with Gasteiger partial charge in [-0.2, -0.15) is 0 Å². The van der Waals surface area contributed by atoms with Crippen LogP contribution in [-0.4, -0.2) is 18.2 Å². The van der Waals surface area contributed by atoms with Gasteiger partial charge < -0.3 is 14.4 Å². The summed E-state index contributed by atoms with van der Waals surface area (Å²) < 4.78 is 10.8. The van der Waals surface area contributed by atoms with Gasteiger partial charge in [0.2, 0.25) is 0 Å². The number of hydrogen-bond donors (Lipinski definition) is 0. The second-order valence-corrected chi connectivity index (χ2v) is 8.16. The average molecular weight is 479 g/mol. The van der Waals surface area contributed by atoms with E-state index < -0.39 is 0 Å². The summed E-state index contributed by atoms with van der Waals surface area (Å²) in [7, 11) is 1.59. The van der Waals surface area contributed by atoms with Gasteiger partial charge in [-0.25, -0.2) is 4.90 Å². The Balaban J connectivity index is 1.41. The number of carbonyl (C=O) groups is 1. The molecule has 5 nitrogen and oxygen atoms in total. The van der Waals surface area contributed by atoms with Crippen LogP contribution in [0.4, 0.5) is 22.7 Å². The van der Waals surface area contributed by atoms with E-state index in [0.29, 0.717) is 11.4 Å². The summed E-state index contributed by atoms with van der Waals surface area (Å²) in [6.45, 7) is 0. The molecule has 1 fully saturated rings. The van der Waals surface area contributed by atoms with Gasteiger partial charge in [0, 0.05) is 17.1 Å². The fourth-order valence-electron chi connectivity index (χ4n) is 3.89. The summed E-state index contributed by atoms with van der Waals surface area (Å²) >= 11 is 5.32. The molecule has 0 aromatic heterocycles. The van der Waals surface area contributed by atoms with Crippen LogP contribution in [0.1, 0.15) is 5.56 Å². The maximum atomic E-state index is 13.0. The van der Waals surface area contributed by atoms with Crippen molar-refractivity contribution in [1.29, 1.82) is 0 Å². The Morgan fingerprint density at radius 2 is 1.31 bits per heavy atom. The van der Waals surface area contributed by atoms with Crippen LogP contribution in [0.15, 0.2) is 115 Å². The summed E-state index contributed by atoms with van der Waals surface area (Å²) in [5.41, 5.74) is 4.57. The molecule has 4 aromatic carbocycles. The maximum Gasteiger partial charge on any atom is 0.301 e. The van der Waals surface area contributed by atoms with E-state index in [1.54, 1.807) is 37.5 Å². The van der Waals surface area contributed by atoms with E-state index in [4.69, 9.17) is 21.7 Å². The summed E-state index contributed by atoms with van der Waals surface area (Å²) in [6.07, 6.45) is 1.71. The van der Waals surface area contributed by atoms with Gasteiger partial charge in [0.15, 0.2) is 5.76 Å². The average Bonchev–Trinajstić information content (AvgIpc) is 3.19. The molecule has 0 atom stereocenters. The van der Waals surface area contributed by atoms with Crippen molar-refractivity contribution in [3.8, 4) is 5.75 Å². The first-order chi connectivity index (χ1) is 17.1. The number of para-hydroxylation sites is 2. The number of carbonyl (C=O) groups excluding carboxylic acids is 1. The quantitative estimate of drug-likeness (QED) is 0.224. The number of hydrogen-bond acceptors (Lipinski definition) is 5. The van der Waals surface area contributed by atoms with Crippen LogP contribution < -0.4 is 14.5 Å². The van der Waals surface area contributed by atoms with Gasteiger partial charge in [0.1, 0.15) is 5.75 Å². The summed E-state index contributed by atoms with van der Waals surface area (Å²) in [6, 6.07) is 35.4. The third kappa shape index (κ3) is 4.65. The van der Waals surface area contributed by atoms with Gasteiger partial charge in [0.25, 0.3) is 5.17 Å². The van der Waals surface area contributed by atoms with Crippen molar-refractivity contribution in [2.75, 3.05) is 16.9 Å².